The molecule has 2 heterocycles. The molecule has 1 aromatic heterocycles. The Morgan fingerprint density at radius 1 is 1.29 bits per heavy atom. The summed E-state index contributed by atoms with van der Waals surface area (Å²) in [4.78, 5) is 14.7. The summed E-state index contributed by atoms with van der Waals surface area (Å²) in [6, 6.07) is 12.1. The molecule has 0 bridgehead atoms. The molecule has 0 unspecified atom stereocenters. The third-order valence-corrected chi connectivity index (χ3v) is 4.89. The number of anilines is 2. The molecule has 0 saturated carbocycles. The van der Waals surface area contributed by atoms with E-state index in [4.69, 9.17) is 0 Å². The van der Waals surface area contributed by atoms with Crippen LogP contribution >= 0.6 is 11.7 Å². The fourth-order valence-corrected chi connectivity index (χ4v) is 3.79. The molecule has 3 aromatic rings. The second-order valence-electron chi connectivity index (χ2n) is 6.14. The van der Waals surface area contributed by atoms with Gasteiger partial charge < -0.3 is 10.2 Å². The van der Waals surface area contributed by atoms with Gasteiger partial charge in [0, 0.05) is 12.2 Å². The number of carbonyl (C=O) groups excluding carboxylic acids is 1. The second kappa shape index (κ2) is 6.20. The molecule has 1 aliphatic rings. The van der Waals surface area contributed by atoms with Crippen LogP contribution in [0.15, 0.2) is 36.4 Å². The molecule has 24 heavy (non-hydrogen) atoms. The summed E-state index contributed by atoms with van der Waals surface area (Å²) in [7, 11) is 0. The number of carbonyl (C=O) groups is 1. The largest absolute Gasteiger partial charge is 0.362 e. The van der Waals surface area contributed by atoms with Crippen LogP contribution in [0.2, 0.25) is 0 Å². The van der Waals surface area contributed by atoms with E-state index in [1.165, 1.54) is 16.8 Å². The van der Waals surface area contributed by atoms with Crippen molar-refractivity contribution >= 4 is 40.0 Å². The van der Waals surface area contributed by atoms with Gasteiger partial charge in [-0.1, -0.05) is 23.8 Å². The van der Waals surface area contributed by atoms with Crippen molar-refractivity contribution in [2.75, 3.05) is 23.3 Å². The normalized spacial score (nSPS) is 13.8. The van der Waals surface area contributed by atoms with Crippen LogP contribution in [0.4, 0.5) is 11.4 Å². The molecule has 0 aliphatic carbocycles. The summed E-state index contributed by atoms with van der Waals surface area (Å²) >= 11 is 1.16. The number of benzene rings is 2. The predicted octanol–water partition coefficient (Wildman–Crippen LogP) is 3.39. The lowest BCUT2D eigenvalue weighted by Gasteiger charge is -2.31. The molecule has 1 amide bonds. The van der Waals surface area contributed by atoms with Crippen LogP contribution in [0.5, 0.6) is 0 Å². The Labute approximate surface area is 144 Å². The van der Waals surface area contributed by atoms with Crippen LogP contribution in [0.25, 0.3) is 11.0 Å². The topological polar surface area (TPSA) is 58.1 Å². The Morgan fingerprint density at radius 3 is 3.12 bits per heavy atom. The number of nitrogens with zero attached hydrogens (tertiary/aromatic N) is 3. The summed E-state index contributed by atoms with van der Waals surface area (Å²) in [5, 5.41) is 2.98. The summed E-state index contributed by atoms with van der Waals surface area (Å²) in [6.07, 6.45) is 2.16. The monoisotopic (exact) mass is 338 g/mol. The minimum Gasteiger partial charge on any atom is -0.362 e. The van der Waals surface area contributed by atoms with Crippen LogP contribution in [-0.4, -0.2) is 27.7 Å². The van der Waals surface area contributed by atoms with Crippen LogP contribution in [-0.2, 0) is 11.2 Å². The van der Waals surface area contributed by atoms with Gasteiger partial charge in [0.2, 0.25) is 5.91 Å². The molecule has 5 nitrogen and oxygen atoms in total. The number of nitrogens with one attached hydrogen (secondary N) is 1. The van der Waals surface area contributed by atoms with E-state index in [1.807, 2.05) is 18.2 Å². The highest BCUT2D eigenvalue weighted by atomic mass is 32.1. The Balaban J connectivity index is 1.52. The van der Waals surface area contributed by atoms with Crippen LogP contribution < -0.4 is 10.2 Å². The molecule has 2 aromatic carbocycles. The summed E-state index contributed by atoms with van der Waals surface area (Å²) in [6.45, 7) is 3.37. The smallest absolute Gasteiger partial charge is 0.243 e. The van der Waals surface area contributed by atoms with Crippen molar-refractivity contribution in [3.05, 3.63) is 47.5 Å². The van der Waals surface area contributed by atoms with E-state index in [9.17, 15) is 4.79 Å². The molecule has 6 heteroatoms. The lowest BCUT2D eigenvalue weighted by atomic mass is 9.99. The predicted molar refractivity (Wildman–Crippen MR) is 97.8 cm³/mol. The van der Waals surface area contributed by atoms with E-state index in [1.54, 1.807) is 0 Å². The molecule has 122 valence electrons. The van der Waals surface area contributed by atoms with E-state index < -0.39 is 0 Å². The zero-order chi connectivity index (χ0) is 16.5. The van der Waals surface area contributed by atoms with Crippen molar-refractivity contribution in [2.24, 2.45) is 0 Å². The van der Waals surface area contributed by atoms with Crippen molar-refractivity contribution in [2.45, 2.75) is 19.8 Å². The molecule has 1 N–H and O–H groups in total. The van der Waals surface area contributed by atoms with Gasteiger partial charge in [0.05, 0.1) is 24.0 Å². The molecule has 0 fully saturated rings. The maximum absolute atomic E-state index is 12.5. The molecule has 1 aliphatic heterocycles. The molecular weight excluding hydrogens is 320 g/mol. The minimum atomic E-state index is -0.0241. The lowest BCUT2D eigenvalue weighted by molar-refractivity contribution is -0.115. The van der Waals surface area contributed by atoms with Gasteiger partial charge in [-0.15, -0.1) is 0 Å². The average molecular weight is 338 g/mol. The van der Waals surface area contributed by atoms with E-state index in [0.29, 0.717) is 6.54 Å². The first kappa shape index (κ1) is 15.1. The number of rotatable bonds is 3. The van der Waals surface area contributed by atoms with Crippen molar-refractivity contribution in [1.82, 2.24) is 8.75 Å². The van der Waals surface area contributed by atoms with Gasteiger partial charge >= 0.3 is 0 Å². The second-order valence-corrected chi connectivity index (χ2v) is 6.67. The summed E-state index contributed by atoms with van der Waals surface area (Å²) in [5.41, 5.74) is 6.08. The highest BCUT2D eigenvalue weighted by Crippen LogP contribution is 2.28. The number of hydrogen-bond donors (Lipinski definition) is 1. The van der Waals surface area contributed by atoms with Crippen molar-refractivity contribution in [3.63, 3.8) is 0 Å². The van der Waals surface area contributed by atoms with Gasteiger partial charge in [0.1, 0.15) is 11.0 Å². The van der Waals surface area contributed by atoms with Gasteiger partial charge in [-0.25, -0.2) is 0 Å². The summed E-state index contributed by atoms with van der Waals surface area (Å²) < 4.78 is 8.48. The number of amides is 1. The first-order chi connectivity index (χ1) is 11.7. The van der Waals surface area contributed by atoms with E-state index in [2.05, 4.69) is 44.1 Å². The van der Waals surface area contributed by atoms with Gasteiger partial charge in [-0.2, -0.15) is 8.75 Å². The van der Waals surface area contributed by atoms with Gasteiger partial charge in [0.25, 0.3) is 0 Å². The quantitative estimate of drug-likeness (QED) is 0.795. The third-order valence-electron chi connectivity index (χ3n) is 4.34. The molecule has 0 saturated heterocycles. The fraction of sp³-hybridized carbons (Fsp3) is 0.278. The standard InChI is InChI=1S/C18H18N4OS/c1-12-7-8-16-13(10-12)4-3-9-22(16)11-17(23)19-14-5-2-6-15-18(14)21-24-20-15/h2,5-8,10H,3-4,9,11H2,1H3,(H,19,23). The van der Waals surface area contributed by atoms with E-state index in [0.717, 1.165) is 47.8 Å². The number of fused-ring (bicyclic) bond motifs is 2. The Hall–Kier alpha value is -2.47. The number of hydrogen-bond acceptors (Lipinski definition) is 5. The maximum atomic E-state index is 12.5. The first-order valence-electron chi connectivity index (χ1n) is 8.06. The highest BCUT2D eigenvalue weighted by molar-refractivity contribution is 7.00. The van der Waals surface area contributed by atoms with Gasteiger partial charge in [0.15, 0.2) is 0 Å². The fourth-order valence-electron chi connectivity index (χ4n) is 3.24. The molecule has 0 spiro atoms. The van der Waals surface area contributed by atoms with Gasteiger partial charge in [-0.3, -0.25) is 4.79 Å². The van der Waals surface area contributed by atoms with E-state index in [-0.39, 0.29) is 5.91 Å². The minimum absolute atomic E-state index is 0.0241. The van der Waals surface area contributed by atoms with Crippen LogP contribution in [0.3, 0.4) is 0 Å². The average Bonchev–Trinajstić information content (AvgIpc) is 3.04. The molecular formula is C18H18N4OS. The Morgan fingerprint density at radius 2 is 2.21 bits per heavy atom. The Bertz CT molecular complexity index is 905. The maximum Gasteiger partial charge on any atom is 0.243 e. The number of aryl methyl sites for hydroxylation is 2. The van der Waals surface area contributed by atoms with Crippen LogP contribution in [0, 0.1) is 6.92 Å². The first-order valence-corrected chi connectivity index (χ1v) is 8.79. The molecule has 0 radical (unpaired) electrons. The SMILES string of the molecule is Cc1ccc2c(c1)CCCN2CC(=O)Nc1cccc2nsnc12. The molecule has 4 rings (SSSR count). The van der Waals surface area contributed by atoms with E-state index >= 15 is 0 Å². The van der Waals surface area contributed by atoms with Crippen LogP contribution in [0.1, 0.15) is 17.5 Å². The zero-order valence-electron chi connectivity index (χ0n) is 13.5. The molecule has 0 atom stereocenters. The lowest BCUT2D eigenvalue weighted by Crippen LogP contribution is -2.36. The third kappa shape index (κ3) is 2.85. The van der Waals surface area contributed by atoms with Crippen molar-refractivity contribution in [1.29, 1.82) is 0 Å². The van der Waals surface area contributed by atoms with Crippen molar-refractivity contribution in [3.8, 4) is 0 Å². The summed E-state index contributed by atoms with van der Waals surface area (Å²) in [5.74, 6) is -0.0241. The van der Waals surface area contributed by atoms with Crippen molar-refractivity contribution < 1.29 is 4.79 Å². The number of aromatic nitrogens is 2. The van der Waals surface area contributed by atoms with Gasteiger partial charge in [-0.05, 0) is 43.5 Å². The Kier molecular flexibility index (Phi) is 3.90. The highest BCUT2D eigenvalue weighted by Gasteiger charge is 2.19. The zero-order valence-corrected chi connectivity index (χ0v) is 14.3.